The summed E-state index contributed by atoms with van der Waals surface area (Å²) in [7, 11) is 0. The molecule has 4 rings (SSSR count). The van der Waals surface area contributed by atoms with E-state index in [1.165, 1.54) is 36.0 Å². The maximum atomic E-state index is 13.5. The van der Waals surface area contributed by atoms with Crippen LogP contribution in [0, 0.1) is 11.6 Å². The molecule has 9 heteroatoms. The molecule has 0 aliphatic carbocycles. The fourth-order valence-electron chi connectivity index (χ4n) is 2.97. The first kappa shape index (κ1) is 22.1. The molecule has 0 saturated carbocycles. The summed E-state index contributed by atoms with van der Waals surface area (Å²) in [6.07, 6.45) is 0.444. The fraction of sp³-hybridized carbons (Fsp3) is 0.0909. The Morgan fingerprint density at radius 2 is 1.52 bits per heavy atom. The lowest BCUT2D eigenvalue weighted by Crippen LogP contribution is -2.04. The third kappa shape index (κ3) is 5.21. The van der Waals surface area contributed by atoms with Gasteiger partial charge in [-0.3, -0.25) is 4.57 Å². The van der Waals surface area contributed by atoms with Crippen LogP contribution < -0.4 is 0 Å². The first-order valence-electron chi connectivity index (χ1n) is 9.11. The van der Waals surface area contributed by atoms with Crippen molar-refractivity contribution < 1.29 is 8.78 Å². The predicted octanol–water partition coefficient (Wildman–Crippen LogP) is 7.39. The van der Waals surface area contributed by atoms with E-state index in [9.17, 15) is 8.78 Å². The van der Waals surface area contributed by atoms with Crippen LogP contribution in [0.1, 0.15) is 17.0 Å². The molecule has 31 heavy (non-hydrogen) atoms. The van der Waals surface area contributed by atoms with Crippen LogP contribution in [0.4, 0.5) is 8.78 Å². The van der Waals surface area contributed by atoms with Crippen molar-refractivity contribution in [3.63, 3.8) is 0 Å². The molecule has 0 aliphatic heterocycles. The summed E-state index contributed by atoms with van der Waals surface area (Å²) >= 11 is 19.7. The summed E-state index contributed by atoms with van der Waals surface area (Å²) in [5.41, 5.74) is 2.39. The molecule has 0 amide bonds. The Morgan fingerprint density at radius 1 is 0.774 bits per heavy atom. The maximum Gasteiger partial charge on any atom is 0.196 e. The monoisotopic (exact) mass is 495 g/mol. The maximum absolute atomic E-state index is 13.5. The fourth-order valence-corrected chi connectivity index (χ4v) is 4.58. The van der Waals surface area contributed by atoms with Gasteiger partial charge in [-0.2, -0.15) is 0 Å². The summed E-state index contributed by atoms with van der Waals surface area (Å²) in [6.45, 7) is 0. The zero-order valence-corrected chi connectivity index (χ0v) is 18.9. The Hall–Kier alpha value is -2.12. The Kier molecular flexibility index (Phi) is 6.82. The van der Waals surface area contributed by atoms with Crippen LogP contribution in [0.25, 0.3) is 5.69 Å². The van der Waals surface area contributed by atoms with E-state index >= 15 is 0 Å². The average molecular weight is 497 g/mol. The average Bonchev–Trinajstić information content (AvgIpc) is 3.13. The molecule has 158 valence electrons. The van der Waals surface area contributed by atoms with E-state index in [1.807, 2.05) is 10.6 Å². The lowest BCUT2D eigenvalue weighted by atomic mass is 10.1. The summed E-state index contributed by atoms with van der Waals surface area (Å²) in [6, 6.07) is 15.7. The number of aromatic nitrogens is 3. The van der Waals surface area contributed by atoms with Crippen LogP contribution in [0.3, 0.4) is 0 Å². The number of rotatable bonds is 6. The van der Waals surface area contributed by atoms with Gasteiger partial charge in [0.25, 0.3) is 0 Å². The third-order valence-electron chi connectivity index (χ3n) is 4.50. The number of hydrogen-bond acceptors (Lipinski definition) is 3. The van der Waals surface area contributed by atoms with Crippen molar-refractivity contribution in [1.82, 2.24) is 14.8 Å². The lowest BCUT2D eigenvalue weighted by molar-refractivity contribution is 0.626. The molecule has 0 atom stereocenters. The Bertz CT molecular complexity index is 1230. The second-order valence-corrected chi connectivity index (χ2v) is 8.82. The van der Waals surface area contributed by atoms with Gasteiger partial charge in [-0.15, -0.1) is 10.2 Å². The van der Waals surface area contributed by atoms with Crippen molar-refractivity contribution in [1.29, 1.82) is 0 Å². The largest absolute Gasteiger partial charge is 0.274 e. The zero-order valence-electron chi connectivity index (χ0n) is 15.8. The summed E-state index contributed by atoms with van der Waals surface area (Å²) in [4.78, 5) is 0. The van der Waals surface area contributed by atoms with E-state index in [2.05, 4.69) is 10.2 Å². The van der Waals surface area contributed by atoms with Crippen molar-refractivity contribution in [2.75, 3.05) is 0 Å². The highest BCUT2D eigenvalue weighted by Gasteiger charge is 2.16. The molecule has 0 saturated heterocycles. The summed E-state index contributed by atoms with van der Waals surface area (Å²) in [5.74, 6) is 0.385. The zero-order chi connectivity index (χ0) is 22.0. The molecule has 3 aromatic carbocycles. The molecule has 4 aromatic rings. The smallest absolute Gasteiger partial charge is 0.196 e. The molecule has 0 bridgehead atoms. The number of benzene rings is 3. The van der Waals surface area contributed by atoms with Crippen LogP contribution in [0.2, 0.25) is 15.1 Å². The van der Waals surface area contributed by atoms with Crippen LogP contribution in [-0.4, -0.2) is 14.8 Å². The van der Waals surface area contributed by atoms with E-state index in [-0.39, 0.29) is 5.82 Å². The Morgan fingerprint density at radius 3 is 2.23 bits per heavy atom. The number of nitrogens with zero attached hydrogens (tertiary/aromatic N) is 3. The van der Waals surface area contributed by atoms with E-state index in [0.717, 1.165) is 11.1 Å². The van der Waals surface area contributed by atoms with Crippen LogP contribution in [0.5, 0.6) is 0 Å². The normalized spacial score (nSPS) is 11.1. The van der Waals surface area contributed by atoms with E-state index < -0.39 is 5.82 Å². The van der Waals surface area contributed by atoms with Gasteiger partial charge < -0.3 is 0 Å². The topological polar surface area (TPSA) is 30.7 Å². The highest BCUT2D eigenvalue weighted by molar-refractivity contribution is 7.98. The molecule has 0 spiro atoms. The van der Waals surface area contributed by atoms with Gasteiger partial charge in [0.1, 0.15) is 17.5 Å². The summed E-state index contributed by atoms with van der Waals surface area (Å²) < 4.78 is 28.7. The lowest BCUT2D eigenvalue weighted by Gasteiger charge is -2.11. The molecule has 1 aromatic heterocycles. The first-order chi connectivity index (χ1) is 14.9. The number of thioether (sulfide) groups is 1. The SMILES string of the molecule is Fc1ccc(-n2c(Cc3ccc(Cl)c(Cl)c3)nnc2SCc2ccc(F)cc2Cl)cc1. The molecule has 0 fully saturated rings. The Balaban J connectivity index is 1.67. The van der Waals surface area contributed by atoms with Gasteiger partial charge in [-0.05, 0) is 59.7 Å². The van der Waals surface area contributed by atoms with Gasteiger partial charge in [0.2, 0.25) is 0 Å². The van der Waals surface area contributed by atoms with Crippen molar-refractivity contribution in [2.24, 2.45) is 0 Å². The first-order valence-corrected chi connectivity index (χ1v) is 11.2. The van der Waals surface area contributed by atoms with Gasteiger partial charge in [-0.1, -0.05) is 58.7 Å². The minimum Gasteiger partial charge on any atom is -0.274 e. The number of hydrogen-bond donors (Lipinski definition) is 0. The van der Waals surface area contributed by atoms with E-state index in [4.69, 9.17) is 34.8 Å². The molecule has 3 nitrogen and oxygen atoms in total. The van der Waals surface area contributed by atoms with Gasteiger partial charge in [0.05, 0.1) is 10.0 Å². The molecule has 0 radical (unpaired) electrons. The van der Waals surface area contributed by atoms with Gasteiger partial charge in [0.15, 0.2) is 5.16 Å². The highest BCUT2D eigenvalue weighted by atomic mass is 35.5. The van der Waals surface area contributed by atoms with Crippen molar-refractivity contribution >= 4 is 46.6 Å². The van der Waals surface area contributed by atoms with Crippen molar-refractivity contribution in [2.45, 2.75) is 17.3 Å². The van der Waals surface area contributed by atoms with Crippen molar-refractivity contribution in [3.8, 4) is 5.69 Å². The van der Waals surface area contributed by atoms with Gasteiger partial charge in [-0.25, -0.2) is 8.78 Å². The summed E-state index contributed by atoms with van der Waals surface area (Å²) in [5, 5.41) is 10.5. The second-order valence-electron chi connectivity index (χ2n) is 6.66. The number of halogens is 5. The highest BCUT2D eigenvalue weighted by Crippen LogP contribution is 2.30. The van der Waals surface area contributed by atoms with Crippen molar-refractivity contribution in [3.05, 3.63) is 104 Å². The third-order valence-corrected chi connectivity index (χ3v) is 6.57. The molecular formula is C22H14Cl3F2N3S. The Labute approximate surface area is 197 Å². The van der Waals surface area contributed by atoms with Crippen LogP contribution in [0.15, 0.2) is 65.8 Å². The van der Waals surface area contributed by atoms with Crippen LogP contribution in [-0.2, 0) is 12.2 Å². The standard InChI is InChI=1S/C22H14Cl3F2N3S/c23-18-8-1-13(9-20(18)25)10-21-28-29-22(30(21)17-6-4-15(26)5-7-17)31-12-14-2-3-16(27)11-19(14)24/h1-9,11H,10,12H2. The van der Waals surface area contributed by atoms with Crippen LogP contribution >= 0.6 is 46.6 Å². The molecule has 0 unspecified atom stereocenters. The minimum atomic E-state index is -0.392. The van der Waals surface area contributed by atoms with E-state index in [1.54, 1.807) is 30.3 Å². The van der Waals surface area contributed by atoms with Gasteiger partial charge >= 0.3 is 0 Å². The van der Waals surface area contributed by atoms with Gasteiger partial charge in [0, 0.05) is 22.9 Å². The molecular weight excluding hydrogens is 483 g/mol. The van der Waals surface area contributed by atoms with E-state index in [0.29, 0.717) is 43.9 Å². The quantitative estimate of drug-likeness (QED) is 0.261. The minimum absolute atomic E-state index is 0.338. The second kappa shape index (κ2) is 9.57. The molecule has 0 aliphatic rings. The predicted molar refractivity (Wildman–Crippen MR) is 122 cm³/mol. The molecule has 1 heterocycles. The molecule has 0 N–H and O–H groups in total.